The first kappa shape index (κ1) is 19.0. The molecule has 128 valence electrons. The maximum atomic E-state index is 12.1. The fourth-order valence-corrected chi connectivity index (χ4v) is 2.61. The van der Waals surface area contributed by atoms with Gasteiger partial charge in [0.1, 0.15) is 5.60 Å². The Hall–Kier alpha value is -1.07. The summed E-state index contributed by atoms with van der Waals surface area (Å²) in [6.45, 7) is 13.4. The van der Waals surface area contributed by atoms with E-state index in [1.807, 2.05) is 26.8 Å². The van der Waals surface area contributed by atoms with Crippen molar-refractivity contribution >= 4 is 6.09 Å². The highest BCUT2D eigenvalue weighted by Gasteiger charge is 2.49. The zero-order valence-corrected chi connectivity index (χ0v) is 14.4. The Morgan fingerprint density at radius 2 is 2.09 bits per heavy atom. The van der Waals surface area contributed by atoms with E-state index in [2.05, 4.69) is 13.5 Å². The first-order valence-corrected chi connectivity index (χ1v) is 8.12. The largest absolute Gasteiger partial charge is 0.444 e. The highest BCUT2D eigenvalue weighted by atomic mass is 16.6. The molecule has 1 aliphatic rings. The second-order valence-corrected chi connectivity index (χ2v) is 7.00. The lowest BCUT2D eigenvalue weighted by Gasteiger charge is -2.52. The number of amides is 1. The summed E-state index contributed by atoms with van der Waals surface area (Å²) in [4.78, 5) is 13.7. The van der Waals surface area contributed by atoms with Gasteiger partial charge in [-0.3, -0.25) is 0 Å². The second kappa shape index (κ2) is 7.97. The van der Waals surface area contributed by atoms with Crippen LogP contribution >= 0.6 is 0 Å². The molecule has 1 heterocycles. The van der Waals surface area contributed by atoms with Gasteiger partial charge in [0.2, 0.25) is 0 Å². The third-order valence-corrected chi connectivity index (χ3v) is 3.88. The molecule has 1 saturated heterocycles. The summed E-state index contributed by atoms with van der Waals surface area (Å²) in [5.41, 5.74) is -0.779. The van der Waals surface area contributed by atoms with Crippen molar-refractivity contribution in [1.82, 2.24) is 4.90 Å². The Morgan fingerprint density at radius 1 is 1.45 bits per heavy atom. The monoisotopic (exact) mass is 313 g/mol. The molecule has 1 unspecified atom stereocenters. The van der Waals surface area contributed by atoms with Crippen molar-refractivity contribution in [1.29, 1.82) is 0 Å². The number of likely N-dealkylation sites (tertiary alicyclic amines) is 1. The second-order valence-electron chi connectivity index (χ2n) is 7.00. The van der Waals surface area contributed by atoms with Crippen LogP contribution in [0.3, 0.4) is 0 Å². The van der Waals surface area contributed by atoms with Crippen LogP contribution in [0.2, 0.25) is 0 Å². The minimum Gasteiger partial charge on any atom is -0.444 e. The van der Waals surface area contributed by atoms with Crippen molar-refractivity contribution in [2.75, 3.05) is 26.3 Å². The lowest BCUT2D eigenvalue weighted by molar-refractivity contribution is -0.102. The van der Waals surface area contributed by atoms with Crippen LogP contribution in [0, 0.1) is 5.41 Å². The zero-order valence-electron chi connectivity index (χ0n) is 14.4. The number of hydrogen-bond acceptors (Lipinski definition) is 4. The molecule has 0 aromatic carbocycles. The number of ether oxygens (including phenoxy) is 2. The van der Waals surface area contributed by atoms with Crippen LogP contribution < -0.4 is 0 Å². The molecule has 1 rings (SSSR count). The number of hydrogen-bond donors (Lipinski definition) is 1. The van der Waals surface area contributed by atoms with Crippen molar-refractivity contribution in [2.24, 2.45) is 5.41 Å². The molecule has 0 saturated carbocycles. The molecule has 0 aliphatic carbocycles. The van der Waals surface area contributed by atoms with Crippen LogP contribution in [0.15, 0.2) is 12.7 Å². The van der Waals surface area contributed by atoms with Crippen LogP contribution in [0.5, 0.6) is 0 Å². The molecule has 0 aromatic heterocycles. The van der Waals surface area contributed by atoms with Gasteiger partial charge in [0.05, 0.1) is 6.10 Å². The molecule has 1 aliphatic heterocycles. The first-order chi connectivity index (χ1) is 10.3. The number of rotatable bonds is 8. The smallest absolute Gasteiger partial charge is 0.410 e. The average Bonchev–Trinajstić information content (AvgIpc) is 2.36. The van der Waals surface area contributed by atoms with Gasteiger partial charge in [0.25, 0.3) is 0 Å². The summed E-state index contributed by atoms with van der Waals surface area (Å²) >= 11 is 0. The third-order valence-electron chi connectivity index (χ3n) is 3.88. The predicted molar refractivity (Wildman–Crippen MR) is 86.8 cm³/mol. The number of carbonyl (C=O) groups is 1. The number of nitrogens with zero attached hydrogens (tertiary/aromatic N) is 1. The van der Waals surface area contributed by atoms with Gasteiger partial charge in [-0.2, -0.15) is 0 Å². The number of aliphatic hydroxyl groups excluding tert-OH is 1. The number of unbranched alkanes of at least 4 members (excludes halogenated alkanes) is 1. The van der Waals surface area contributed by atoms with Gasteiger partial charge in [0, 0.05) is 31.7 Å². The lowest BCUT2D eigenvalue weighted by Crippen LogP contribution is -2.63. The Balaban J connectivity index is 2.62. The van der Waals surface area contributed by atoms with Gasteiger partial charge in [-0.25, -0.2) is 4.79 Å². The summed E-state index contributed by atoms with van der Waals surface area (Å²) < 4.78 is 11.3. The standard InChI is InChI=1S/C17H31NO4/c1-6-8-11-21-14(9-10-19)17(7-2)12-18(13-17)15(20)22-16(3,4)5/h7,14,19H,2,6,8-13H2,1,3-5H3. The molecule has 1 atom stereocenters. The molecule has 0 spiro atoms. The third kappa shape index (κ3) is 4.99. The molecule has 5 nitrogen and oxygen atoms in total. The van der Waals surface area contributed by atoms with E-state index in [0.29, 0.717) is 26.1 Å². The van der Waals surface area contributed by atoms with Gasteiger partial charge in [0.15, 0.2) is 0 Å². The Morgan fingerprint density at radius 3 is 2.55 bits per heavy atom. The molecule has 22 heavy (non-hydrogen) atoms. The molecule has 0 aromatic rings. The Labute approximate surface area is 134 Å². The van der Waals surface area contributed by atoms with Gasteiger partial charge >= 0.3 is 6.09 Å². The Bertz CT molecular complexity index is 369. The highest BCUT2D eigenvalue weighted by molar-refractivity contribution is 5.69. The SMILES string of the molecule is C=CC1(C(CCO)OCCCC)CN(C(=O)OC(C)(C)C)C1. The van der Waals surface area contributed by atoms with E-state index in [1.54, 1.807) is 4.90 Å². The minimum absolute atomic E-state index is 0.0683. The van der Waals surface area contributed by atoms with E-state index < -0.39 is 5.60 Å². The molecular weight excluding hydrogens is 282 g/mol. The van der Waals surface area contributed by atoms with E-state index in [0.717, 1.165) is 12.8 Å². The van der Waals surface area contributed by atoms with E-state index in [-0.39, 0.29) is 24.2 Å². The minimum atomic E-state index is -0.494. The molecule has 5 heteroatoms. The van der Waals surface area contributed by atoms with Gasteiger partial charge in [-0.1, -0.05) is 19.4 Å². The van der Waals surface area contributed by atoms with Crippen molar-refractivity contribution in [3.8, 4) is 0 Å². The first-order valence-electron chi connectivity index (χ1n) is 8.12. The van der Waals surface area contributed by atoms with Crippen molar-refractivity contribution in [2.45, 2.75) is 58.7 Å². The topological polar surface area (TPSA) is 59.0 Å². The molecule has 0 radical (unpaired) electrons. The summed E-state index contributed by atoms with van der Waals surface area (Å²) in [6, 6.07) is 0. The van der Waals surface area contributed by atoms with Gasteiger partial charge in [-0.05, 0) is 33.6 Å². The predicted octanol–water partition coefficient (Wildman–Crippen LogP) is 2.98. The highest BCUT2D eigenvalue weighted by Crippen LogP contribution is 2.39. The average molecular weight is 313 g/mol. The number of aliphatic hydroxyl groups is 1. The van der Waals surface area contributed by atoms with Crippen molar-refractivity contribution in [3.05, 3.63) is 12.7 Å². The van der Waals surface area contributed by atoms with E-state index in [4.69, 9.17) is 9.47 Å². The van der Waals surface area contributed by atoms with E-state index in [9.17, 15) is 9.90 Å². The summed E-state index contributed by atoms with van der Waals surface area (Å²) in [7, 11) is 0. The maximum absolute atomic E-state index is 12.1. The summed E-state index contributed by atoms with van der Waals surface area (Å²) in [5, 5.41) is 9.28. The zero-order chi connectivity index (χ0) is 16.8. The summed E-state index contributed by atoms with van der Waals surface area (Å²) in [5.74, 6) is 0. The fraction of sp³-hybridized carbons (Fsp3) is 0.824. The van der Waals surface area contributed by atoms with Crippen LogP contribution in [0.4, 0.5) is 4.79 Å². The van der Waals surface area contributed by atoms with Crippen LogP contribution in [-0.4, -0.2) is 54.1 Å². The molecular formula is C17H31NO4. The van der Waals surface area contributed by atoms with E-state index in [1.165, 1.54) is 0 Å². The fourth-order valence-electron chi connectivity index (χ4n) is 2.61. The van der Waals surface area contributed by atoms with Gasteiger partial charge < -0.3 is 19.5 Å². The Kier molecular flexibility index (Phi) is 6.88. The van der Waals surface area contributed by atoms with Crippen molar-refractivity contribution < 1.29 is 19.4 Å². The van der Waals surface area contributed by atoms with Crippen LogP contribution in [0.25, 0.3) is 0 Å². The lowest BCUT2D eigenvalue weighted by atomic mass is 9.74. The molecule has 0 bridgehead atoms. The molecule has 1 N–H and O–H groups in total. The van der Waals surface area contributed by atoms with E-state index >= 15 is 0 Å². The normalized spacial score (nSPS) is 18.5. The van der Waals surface area contributed by atoms with Crippen molar-refractivity contribution in [3.63, 3.8) is 0 Å². The van der Waals surface area contributed by atoms with Crippen LogP contribution in [0.1, 0.15) is 47.0 Å². The van der Waals surface area contributed by atoms with Gasteiger partial charge in [-0.15, -0.1) is 6.58 Å². The summed E-state index contributed by atoms with van der Waals surface area (Å²) in [6.07, 6.45) is 4.06. The maximum Gasteiger partial charge on any atom is 0.410 e. The number of carbonyl (C=O) groups excluding carboxylic acids is 1. The quantitative estimate of drug-likeness (QED) is 0.553. The molecule has 1 amide bonds. The molecule has 1 fully saturated rings. The van der Waals surface area contributed by atoms with Crippen LogP contribution in [-0.2, 0) is 9.47 Å².